The lowest BCUT2D eigenvalue weighted by Crippen LogP contribution is -2.31. The molecule has 1 rings (SSSR count). The van der Waals surface area contributed by atoms with Crippen molar-refractivity contribution in [1.82, 2.24) is 9.88 Å². The Bertz CT molecular complexity index is 526. The number of hydrogen-bond acceptors (Lipinski definition) is 5. The van der Waals surface area contributed by atoms with Gasteiger partial charge in [-0.25, -0.2) is 13.4 Å². The molecular formula is C12H19N3O3S. The van der Waals surface area contributed by atoms with Gasteiger partial charge in [-0.1, -0.05) is 0 Å². The molecule has 0 aliphatic heterocycles. The normalized spacial score (nSPS) is 11.1. The monoisotopic (exact) mass is 285 g/mol. The molecule has 1 aromatic heterocycles. The molecule has 7 heteroatoms. The van der Waals surface area contributed by atoms with Crippen LogP contribution in [-0.4, -0.2) is 56.4 Å². The first-order chi connectivity index (χ1) is 8.83. The van der Waals surface area contributed by atoms with Crippen molar-refractivity contribution in [2.45, 2.75) is 6.92 Å². The molecular weight excluding hydrogens is 266 g/mol. The lowest BCUT2D eigenvalue weighted by atomic mass is 10.2. The summed E-state index contributed by atoms with van der Waals surface area (Å²) < 4.78 is 22.1. The Labute approximate surface area is 113 Å². The van der Waals surface area contributed by atoms with Gasteiger partial charge in [-0.3, -0.25) is 4.79 Å². The lowest BCUT2D eigenvalue weighted by molar-refractivity contribution is 0.0803. The molecule has 1 N–H and O–H groups in total. The summed E-state index contributed by atoms with van der Waals surface area (Å²) in [7, 11) is -1.49. The minimum Gasteiger partial charge on any atom is -0.370 e. The minimum absolute atomic E-state index is 0.0435. The van der Waals surface area contributed by atoms with Crippen LogP contribution in [-0.2, 0) is 9.84 Å². The molecule has 0 unspecified atom stereocenters. The Morgan fingerprint density at radius 1 is 1.42 bits per heavy atom. The van der Waals surface area contributed by atoms with Crippen molar-refractivity contribution in [3.63, 3.8) is 0 Å². The number of nitrogens with one attached hydrogen (secondary N) is 1. The number of anilines is 1. The summed E-state index contributed by atoms with van der Waals surface area (Å²) >= 11 is 0. The molecule has 0 atom stereocenters. The average Bonchev–Trinajstić information content (AvgIpc) is 2.35. The smallest absolute Gasteiger partial charge is 0.255 e. The molecule has 6 nitrogen and oxygen atoms in total. The van der Waals surface area contributed by atoms with Crippen LogP contribution in [0.1, 0.15) is 17.3 Å². The number of carbonyl (C=O) groups excluding carboxylic acids is 1. The summed E-state index contributed by atoms with van der Waals surface area (Å²) in [5.74, 6) is 0.426. The average molecular weight is 285 g/mol. The highest BCUT2D eigenvalue weighted by molar-refractivity contribution is 7.90. The highest BCUT2D eigenvalue weighted by Crippen LogP contribution is 2.07. The zero-order valence-corrected chi connectivity index (χ0v) is 12.2. The second-order valence-electron chi connectivity index (χ2n) is 4.32. The number of aromatic nitrogens is 1. The maximum Gasteiger partial charge on any atom is 0.255 e. The van der Waals surface area contributed by atoms with Gasteiger partial charge in [0.25, 0.3) is 5.91 Å². The third kappa shape index (κ3) is 5.25. The van der Waals surface area contributed by atoms with Crippen LogP contribution in [0, 0.1) is 0 Å². The maximum absolute atomic E-state index is 12.0. The zero-order valence-electron chi connectivity index (χ0n) is 11.4. The number of carbonyl (C=O) groups is 1. The molecule has 0 spiro atoms. The van der Waals surface area contributed by atoms with Gasteiger partial charge in [0, 0.05) is 32.6 Å². The van der Waals surface area contributed by atoms with Crippen LogP contribution in [0.25, 0.3) is 0 Å². The second-order valence-corrected chi connectivity index (χ2v) is 6.58. The van der Waals surface area contributed by atoms with Crippen LogP contribution in [0.2, 0.25) is 0 Å². The van der Waals surface area contributed by atoms with Gasteiger partial charge in [0.2, 0.25) is 0 Å². The quantitative estimate of drug-likeness (QED) is 0.829. The van der Waals surface area contributed by atoms with Crippen molar-refractivity contribution in [1.29, 1.82) is 0 Å². The fraction of sp³-hybridized carbons (Fsp3) is 0.500. The van der Waals surface area contributed by atoms with Crippen LogP contribution in [0.5, 0.6) is 0 Å². The largest absolute Gasteiger partial charge is 0.370 e. The molecule has 0 aliphatic rings. The molecule has 0 bridgehead atoms. The fourth-order valence-electron chi connectivity index (χ4n) is 1.43. The molecule has 0 fully saturated rings. The van der Waals surface area contributed by atoms with Crippen molar-refractivity contribution in [3.8, 4) is 0 Å². The predicted octanol–water partition coefficient (Wildman–Crippen LogP) is 0.630. The van der Waals surface area contributed by atoms with E-state index in [0.717, 1.165) is 12.8 Å². The van der Waals surface area contributed by atoms with E-state index in [1.165, 1.54) is 11.1 Å². The Morgan fingerprint density at radius 2 is 2.11 bits per heavy atom. The third-order valence-corrected chi connectivity index (χ3v) is 3.44. The molecule has 0 aliphatic carbocycles. The SMILES string of the molecule is CCNc1ccc(C(=O)N(C)CCS(C)(=O)=O)cn1. The van der Waals surface area contributed by atoms with Gasteiger partial charge in [0.05, 0.1) is 11.3 Å². The van der Waals surface area contributed by atoms with Gasteiger partial charge in [0.1, 0.15) is 15.7 Å². The Balaban J connectivity index is 2.66. The Hall–Kier alpha value is -1.63. The lowest BCUT2D eigenvalue weighted by Gasteiger charge is -2.16. The van der Waals surface area contributed by atoms with Crippen LogP contribution < -0.4 is 5.32 Å². The van der Waals surface area contributed by atoms with E-state index in [-0.39, 0.29) is 18.2 Å². The molecule has 0 saturated carbocycles. The number of pyridine rings is 1. The minimum atomic E-state index is -3.07. The van der Waals surface area contributed by atoms with Crippen LogP contribution in [0.4, 0.5) is 5.82 Å². The molecule has 0 aromatic carbocycles. The van der Waals surface area contributed by atoms with Crippen molar-refractivity contribution in [2.24, 2.45) is 0 Å². The van der Waals surface area contributed by atoms with E-state index in [0.29, 0.717) is 11.4 Å². The van der Waals surface area contributed by atoms with Crippen LogP contribution in [0.3, 0.4) is 0 Å². The Morgan fingerprint density at radius 3 is 2.58 bits per heavy atom. The van der Waals surface area contributed by atoms with E-state index < -0.39 is 9.84 Å². The van der Waals surface area contributed by atoms with Gasteiger partial charge in [0.15, 0.2) is 0 Å². The molecule has 1 amide bonds. The first-order valence-corrected chi connectivity index (χ1v) is 8.02. The third-order valence-electron chi connectivity index (χ3n) is 2.51. The predicted molar refractivity (Wildman–Crippen MR) is 75.1 cm³/mol. The summed E-state index contributed by atoms with van der Waals surface area (Å²) in [5, 5.41) is 3.03. The van der Waals surface area contributed by atoms with Crippen molar-refractivity contribution >= 4 is 21.6 Å². The van der Waals surface area contributed by atoms with Gasteiger partial charge in [-0.05, 0) is 19.1 Å². The molecule has 0 radical (unpaired) electrons. The van der Waals surface area contributed by atoms with Gasteiger partial charge < -0.3 is 10.2 Å². The van der Waals surface area contributed by atoms with Gasteiger partial charge in [-0.15, -0.1) is 0 Å². The highest BCUT2D eigenvalue weighted by atomic mass is 32.2. The van der Waals surface area contributed by atoms with Crippen molar-refractivity contribution in [2.75, 3.05) is 37.5 Å². The van der Waals surface area contributed by atoms with E-state index in [1.807, 2.05) is 6.92 Å². The number of nitrogens with zero attached hydrogens (tertiary/aromatic N) is 2. The molecule has 106 valence electrons. The Kier molecular flexibility index (Phi) is 5.29. The standard InChI is InChI=1S/C12H19N3O3S/c1-4-13-11-6-5-10(9-14-11)12(16)15(2)7-8-19(3,17)18/h5-6,9H,4,7-8H2,1-3H3,(H,13,14). The van der Waals surface area contributed by atoms with E-state index in [4.69, 9.17) is 0 Å². The summed E-state index contributed by atoms with van der Waals surface area (Å²) in [4.78, 5) is 17.5. The first-order valence-electron chi connectivity index (χ1n) is 5.96. The van der Waals surface area contributed by atoms with E-state index in [9.17, 15) is 13.2 Å². The summed E-state index contributed by atoms with van der Waals surface area (Å²) in [5.41, 5.74) is 0.442. The fourth-order valence-corrected chi connectivity index (χ4v) is 2.04. The van der Waals surface area contributed by atoms with Gasteiger partial charge >= 0.3 is 0 Å². The van der Waals surface area contributed by atoms with Crippen molar-refractivity contribution in [3.05, 3.63) is 23.9 Å². The molecule has 1 aromatic rings. The van der Waals surface area contributed by atoms with Gasteiger partial charge in [-0.2, -0.15) is 0 Å². The van der Waals surface area contributed by atoms with Crippen LogP contribution in [0.15, 0.2) is 18.3 Å². The summed E-state index contributed by atoms with van der Waals surface area (Å²) in [6.45, 7) is 2.89. The maximum atomic E-state index is 12.0. The highest BCUT2D eigenvalue weighted by Gasteiger charge is 2.14. The van der Waals surface area contributed by atoms with Crippen molar-refractivity contribution < 1.29 is 13.2 Å². The first kappa shape index (κ1) is 15.4. The molecule has 1 heterocycles. The summed E-state index contributed by atoms with van der Waals surface area (Å²) in [6, 6.07) is 3.39. The number of amides is 1. The molecule has 19 heavy (non-hydrogen) atoms. The van der Waals surface area contributed by atoms with E-state index in [2.05, 4.69) is 10.3 Å². The summed E-state index contributed by atoms with van der Waals surface area (Å²) in [6.07, 6.45) is 2.63. The van der Waals surface area contributed by atoms with Crippen LogP contribution >= 0.6 is 0 Å². The molecule has 0 saturated heterocycles. The number of sulfone groups is 1. The second kappa shape index (κ2) is 6.51. The zero-order chi connectivity index (χ0) is 14.5. The topological polar surface area (TPSA) is 79.4 Å². The van der Waals surface area contributed by atoms with E-state index in [1.54, 1.807) is 19.2 Å². The number of rotatable bonds is 6. The van der Waals surface area contributed by atoms with E-state index >= 15 is 0 Å². The number of hydrogen-bond donors (Lipinski definition) is 1.